The average molecular weight is 612 g/mol. The van der Waals surface area contributed by atoms with Crippen LogP contribution in [0.1, 0.15) is 207 Å². The molecule has 0 saturated heterocycles. The maximum absolute atomic E-state index is 10.8. The van der Waals surface area contributed by atoms with Gasteiger partial charge in [-0.1, -0.05) is 188 Å². The second-order valence-electron chi connectivity index (χ2n) is 13.7. The van der Waals surface area contributed by atoms with Crippen LogP contribution in [-0.4, -0.2) is 60.2 Å². The minimum Gasteiger partial charge on any atom is -0.392 e. The second kappa shape index (κ2) is 36.3. The Balaban J connectivity index is 4.04. The Morgan fingerprint density at radius 3 is 1.05 bits per heavy atom. The van der Waals surface area contributed by atoms with Crippen LogP contribution in [0.4, 0.5) is 0 Å². The highest BCUT2D eigenvalue weighted by atomic mass is 16.5. The molecule has 0 spiro atoms. The highest BCUT2D eigenvalue weighted by Crippen LogP contribution is 2.15. The highest BCUT2D eigenvalue weighted by Gasteiger charge is 2.16. The lowest BCUT2D eigenvalue weighted by Crippen LogP contribution is -2.40. The Bertz CT molecular complexity index is 467. The number of nitrogens with zero attached hydrogens (tertiary/aromatic N) is 1. The topological polar surface area (TPSA) is 52.9 Å². The van der Waals surface area contributed by atoms with Crippen LogP contribution in [0.25, 0.3) is 0 Å². The highest BCUT2D eigenvalue weighted by molar-refractivity contribution is 4.70. The van der Waals surface area contributed by atoms with Gasteiger partial charge in [-0.3, -0.25) is 4.90 Å². The maximum Gasteiger partial charge on any atom is 0.0667 e. The van der Waals surface area contributed by atoms with E-state index in [0.29, 0.717) is 19.7 Å². The van der Waals surface area contributed by atoms with Crippen LogP contribution in [0.3, 0.4) is 0 Å². The summed E-state index contributed by atoms with van der Waals surface area (Å²) in [6.07, 6.45) is 37.0. The van der Waals surface area contributed by atoms with Gasteiger partial charge in [0.15, 0.2) is 0 Å². The van der Waals surface area contributed by atoms with Gasteiger partial charge in [-0.05, 0) is 19.3 Å². The predicted octanol–water partition coefficient (Wildman–Crippen LogP) is 11.4. The molecular formula is C39H81NO3. The van der Waals surface area contributed by atoms with Crippen LogP contribution >= 0.6 is 0 Å². The van der Waals surface area contributed by atoms with E-state index in [2.05, 4.69) is 25.7 Å². The molecule has 0 bridgehead atoms. The van der Waals surface area contributed by atoms with E-state index >= 15 is 0 Å². The Morgan fingerprint density at radius 1 is 0.395 bits per heavy atom. The summed E-state index contributed by atoms with van der Waals surface area (Å²) in [5.74, 6) is 0. The van der Waals surface area contributed by atoms with Crippen molar-refractivity contribution in [1.29, 1.82) is 0 Å². The SMILES string of the molecule is CCCCCCCCCCCCCCC(O)CN(CCOCCCCC)CC(O)CCCCCCCCCCCCCC. The van der Waals surface area contributed by atoms with Crippen molar-refractivity contribution in [2.45, 2.75) is 219 Å². The van der Waals surface area contributed by atoms with Gasteiger partial charge >= 0.3 is 0 Å². The van der Waals surface area contributed by atoms with Gasteiger partial charge in [0.25, 0.3) is 0 Å². The van der Waals surface area contributed by atoms with Crippen molar-refractivity contribution in [3.05, 3.63) is 0 Å². The normalized spacial score (nSPS) is 13.3. The fourth-order valence-corrected chi connectivity index (χ4v) is 6.23. The fourth-order valence-electron chi connectivity index (χ4n) is 6.23. The molecule has 0 aliphatic rings. The molecule has 0 aliphatic carbocycles. The van der Waals surface area contributed by atoms with Gasteiger partial charge in [-0.2, -0.15) is 0 Å². The number of aliphatic hydroxyl groups excluding tert-OH is 2. The number of rotatable bonds is 37. The lowest BCUT2D eigenvalue weighted by Gasteiger charge is -2.27. The summed E-state index contributed by atoms with van der Waals surface area (Å²) in [7, 11) is 0. The third-order valence-electron chi connectivity index (χ3n) is 9.16. The molecule has 0 saturated carbocycles. The van der Waals surface area contributed by atoms with Crippen molar-refractivity contribution < 1.29 is 14.9 Å². The number of ether oxygens (including phenoxy) is 1. The first kappa shape index (κ1) is 42.8. The van der Waals surface area contributed by atoms with E-state index in [-0.39, 0.29) is 12.2 Å². The summed E-state index contributed by atoms with van der Waals surface area (Å²) in [4.78, 5) is 2.26. The molecule has 0 radical (unpaired) electrons. The molecular weight excluding hydrogens is 530 g/mol. The van der Waals surface area contributed by atoms with Gasteiger partial charge in [0, 0.05) is 26.2 Å². The van der Waals surface area contributed by atoms with Crippen LogP contribution < -0.4 is 0 Å². The molecule has 43 heavy (non-hydrogen) atoms. The smallest absolute Gasteiger partial charge is 0.0667 e. The Hall–Kier alpha value is -0.160. The molecule has 0 amide bonds. The van der Waals surface area contributed by atoms with E-state index in [1.807, 2.05) is 0 Å². The van der Waals surface area contributed by atoms with Gasteiger partial charge < -0.3 is 14.9 Å². The van der Waals surface area contributed by atoms with Crippen molar-refractivity contribution >= 4 is 0 Å². The molecule has 0 fully saturated rings. The van der Waals surface area contributed by atoms with Crippen molar-refractivity contribution in [2.75, 3.05) is 32.8 Å². The summed E-state index contributed by atoms with van der Waals surface area (Å²) < 4.78 is 5.88. The maximum atomic E-state index is 10.8. The molecule has 0 aromatic heterocycles. The van der Waals surface area contributed by atoms with E-state index in [0.717, 1.165) is 45.3 Å². The standard InChI is InChI=1S/C39H81NO3/c1-4-7-10-12-14-16-18-20-22-24-26-28-31-38(41)36-40(33-35-43-34-30-9-6-3)37-39(42)32-29-27-25-23-21-19-17-15-13-11-8-5-2/h38-39,41-42H,4-37H2,1-3H3. The summed E-state index contributed by atoms with van der Waals surface area (Å²) in [5.41, 5.74) is 0. The van der Waals surface area contributed by atoms with Crippen molar-refractivity contribution in [1.82, 2.24) is 4.90 Å². The van der Waals surface area contributed by atoms with E-state index in [1.165, 1.54) is 154 Å². The van der Waals surface area contributed by atoms with E-state index in [4.69, 9.17) is 4.74 Å². The Morgan fingerprint density at radius 2 is 0.698 bits per heavy atom. The second-order valence-corrected chi connectivity index (χ2v) is 13.7. The molecule has 260 valence electrons. The lowest BCUT2D eigenvalue weighted by molar-refractivity contribution is 0.0375. The summed E-state index contributed by atoms with van der Waals surface area (Å²) in [6, 6.07) is 0. The predicted molar refractivity (Wildman–Crippen MR) is 190 cm³/mol. The molecule has 0 aromatic rings. The first-order valence-electron chi connectivity index (χ1n) is 19.8. The Labute approximate surface area is 271 Å². The van der Waals surface area contributed by atoms with Gasteiger partial charge in [0.2, 0.25) is 0 Å². The first-order valence-corrected chi connectivity index (χ1v) is 19.8. The minimum atomic E-state index is -0.304. The molecule has 4 heteroatoms. The Kier molecular flexibility index (Phi) is 36.2. The van der Waals surface area contributed by atoms with Gasteiger partial charge in [0.1, 0.15) is 0 Å². The summed E-state index contributed by atoms with van der Waals surface area (Å²) >= 11 is 0. The largest absolute Gasteiger partial charge is 0.392 e. The van der Waals surface area contributed by atoms with Crippen molar-refractivity contribution in [3.8, 4) is 0 Å². The fraction of sp³-hybridized carbons (Fsp3) is 1.00. The van der Waals surface area contributed by atoms with E-state index in [9.17, 15) is 10.2 Å². The summed E-state index contributed by atoms with van der Waals surface area (Å²) in [6.45, 7) is 10.4. The van der Waals surface area contributed by atoms with Crippen LogP contribution in [0, 0.1) is 0 Å². The van der Waals surface area contributed by atoms with Crippen LogP contribution in [0.15, 0.2) is 0 Å². The van der Waals surface area contributed by atoms with Crippen molar-refractivity contribution in [2.24, 2.45) is 0 Å². The molecule has 2 unspecified atom stereocenters. The monoisotopic (exact) mass is 612 g/mol. The number of hydrogen-bond donors (Lipinski definition) is 2. The molecule has 4 nitrogen and oxygen atoms in total. The molecule has 2 atom stereocenters. The van der Waals surface area contributed by atoms with Crippen LogP contribution in [0.2, 0.25) is 0 Å². The molecule has 0 aliphatic heterocycles. The van der Waals surface area contributed by atoms with Gasteiger partial charge in [0.05, 0.1) is 18.8 Å². The molecule has 0 rings (SSSR count). The number of hydrogen-bond acceptors (Lipinski definition) is 4. The lowest BCUT2D eigenvalue weighted by atomic mass is 10.0. The molecule has 2 N–H and O–H groups in total. The third-order valence-corrected chi connectivity index (χ3v) is 9.16. The summed E-state index contributed by atoms with van der Waals surface area (Å²) in [5, 5.41) is 21.6. The third kappa shape index (κ3) is 34.6. The zero-order valence-corrected chi connectivity index (χ0v) is 29.9. The zero-order valence-electron chi connectivity index (χ0n) is 29.9. The van der Waals surface area contributed by atoms with Crippen LogP contribution in [0.5, 0.6) is 0 Å². The average Bonchev–Trinajstić information content (AvgIpc) is 3.00. The van der Waals surface area contributed by atoms with Crippen LogP contribution in [-0.2, 0) is 4.74 Å². The number of aliphatic hydroxyl groups is 2. The quantitative estimate of drug-likeness (QED) is 0.0686. The van der Waals surface area contributed by atoms with E-state index < -0.39 is 0 Å². The number of unbranched alkanes of at least 4 members (excludes halogenated alkanes) is 24. The molecule has 0 heterocycles. The minimum absolute atomic E-state index is 0.304. The first-order chi connectivity index (χ1) is 21.1. The van der Waals surface area contributed by atoms with E-state index in [1.54, 1.807) is 0 Å². The molecule has 0 aromatic carbocycles. The zero-order chi connectivity index (χ0) is 31.5. The van der Waals surface area contributed by atoms with Crippen molar-refractivity contribution in [3.63, 3.8) is 0 Å². The van der Waals surface area contributed by atoms with Gasteiger partial charge in [-0.25, -0.2) is 0 Å². The van der Waals surface area contributed by atoms with Gasteiger partial charge in [-0.15, -0.1) is 0 Å².